The first-order valence-corrected chi connectivity index (χ1v) is 8.78. The van der Waals surface area contributed by atoms with Crippen LogP contribution < -0.4 is 5.73 Å². The minimum absolute atomic E-state index is 0.0377. The lowest BCUT2D eigenvalue weighted by Crippen LogP contribution is -2.31. The monoisotopic (exact) mass is 364 g/mol. The summed E-state index contributed by atoms with van der Waals surface area (Å²) >= 11 is 0. The lowest BCUT2D eigenvalue weighted by molar-refractivity contribution is -0.157. The second-order valence-corrected chi connectivity index (χ2v) is 7.48. The summed E-state index contributed by atoms with van der Waals surface area (Å²) in [7, 11) is 0. The van der Waals surface area contributed by atoms with Crippen LogP contribution in [0.3, 0.4) is 0 Å². The van der Waals surface area contributed by atoms with Crippen LogP contribution in [0.2, 0.25) is 0 Å². The van der Waals surface area contributed by atoms with Crippen molar-refractivity contribution in [2.45, 2.75) is 39.2 Å². The molecule has 2 rings (SSSR count). The molecular weight excluding hydrogens is 340 g/mol. The molecular formula is C22H24N2O3. The number of carbonyl (C=O) groups excluding carboxylic acids is 2. The van der Waals surface area contributed by atoms with Gasteiger partial charge in [0.2, 0.25) is 5.91 Å². The topological polar surface area (TPSA) is 93.2 Å². The second-order valence-electron chi connectivity index (χ2n) is 7.48. The van der Waals surface area contributed by atoms with Crippen LogP contribution in [0, 0.1) is 17.2 Å². The van der Waals surface area contributed by atoms with Crippen LogP contribution in [0.15, 0.2) is 48.5 Å². The highest BCUT2D eigenvalue weighted by molar-refractivity contribution is 5.82. The van der Waals surface area contributed by atoms with Crippen LogP contribution in [-0.4, -0.2) is 17.5 Å². The summed E-state index contributed by atoms with van der Waals surface area (Å²) in [6, 6.07) is 17.1. The van der Waals surface area contributed by atoms with Crippen LogP contribution >= 0.6 is 0 Å². The molecule has 2 aromatic rings. The standard InChI is InChI=1S/C22H24N2O3/c1-22(2,3)27-20(25)13-19(21(24)26)12-15-4-8-17(9-5-15)18-10-6-16(14-23)7-11-18/h4-11,19H,12-13H2,1-3H3,(H2,24,26)/t19-/m1/s1. The maximum atomic E-state index is 12.0. The molecule has 0 saturated carbocycles. The second kappa shape index (κ2) is 8.50. The molecule has 2 aromatic carbocycles. The van der Waals surface area contributed by atoms with Gasteiger partial charge in [0.1, 0.15) is 5.60 Å². The highest BCUT2D eigenvalue weighted by atomic mass is 16.6. The van der Waals surface area contributed by atoms with Gasteiger partial charge >= 0.3 is 5.97 Å². The van der Waals surface area contributed by atoms with Crippen molar-refractivity contribution in [3.63, 3.8) is 0 Å². The van der Waals surface area contributed by atoms with E-state index in [0.29, 0.717) is 12.0 Å². The van der Waals surface area contributed by atoms with Crippen molar-refractivity contribution < 1.29 is 14.3 Å². The molecule has 0 radical (unpaired) electrons. The van der Waals surface area contributed by atoms with Crippen molar-refractivity contribution in [2.75, 3.05) is 0 Å². The Morgan fingerprint density at radius 1 is 1.04 bits per heavy atom. The lowest BCUT2D eigenvalue weighted by atomic mass is 9.94. The fourth-order valence-corrected chi connectivity index (χ4v) is 2.71. The van der Waals surface area contributed by atoms with Gasteiger partial charge in [-0.3, -0.25) is 9.59 Å². The minimum atomic E-state index is -0.611. The van der Waals surface area contributed by atoms with E-state index in [1.165, 1.54) is 0 Å². The van der Waals surface area contributed by atoms with Gasteiger partial charge in [0, 0.05) is 0 Å². The zero-order chi connectivity index (χ0) is 20.0. The Balaban J connectivity index is 2.07. The van der Waals surface area contributed by atoms with E-state index < -0.39 is 23.4 Å². The molecule has 5 nitrogen and oxygen atoms in total. The Morgan fingerprint density at radius 2 is 1.56 bits per heavy atom. The van der Waals surface area contributed by atoms with Crippen molar-refractivity contribution >= 4 is 11.9 Å². The molecule has 0 saturated heterocycles. The van der Waals surface area contributed by atoms with Crippen molar-refractivity contribution in [1.29, 1.82) is 5.26 Å². The van der Waals surface area contributed by atoms with E-state index in [1.54, 1.807) is 32.9 Å². The molecule has 0 spiro atoms. The smallest absolute Gasteiger partial charge is 0.307 e. The van der Waals surface area contributed by atoms with Crippen molar-refractivity contribution in [3.8, 4) is 17.2 Å². The SMILES string of the molecule is CC(C)(C)OC(=O)C[C@@H](Cc1ccc(-c2ccc(C#N)cc2)cc1)C(N)=O. The van der Waals surface area contributed by atoms with E-state index >= 15 is 0 Å². The first kappa shape index (κ1) is 20.2. The Morgan fingerprint density at radius 3 is 2.00 bits per heavy atom. The zero-order valence-electron chi connectivity index (χ0n) is 15.9. The van der Waals surface area contributed by atoms with Crippen LogP contribution in [0.4, 0.5) is 0 Å². The summed E-state index contributed by atoms with van der Waals surface area (Å²) < 4.78 is 5.28. The van der Waals surface area contributed by atoms with E-state index in [4.69, 9.17) is 15.7 Å². The predicted molar refractivity (Wildman–Crippen MR) is 103 cm³/mol. The van der Waals surface area contributed by atoms with Crippen molar-refractivity contribution in [3.05, 3.63) is 59.7 Å². The Hall–Kier alpha value is -3.13. The summed E-state index contributed by atoms with van der Waals surface area (Å²) in [6.07, 6.45) is 0.339. The number of hydrogen-bond acceptors (Lipinski definition) is 4. The predicted octanol–water partition coefficient (Wildman–Crippen LogP) is 3.60. The number of primary amides is 1. The number of hydrogen-bond donors (Lipinski definition) is 1. The summed E-state index contributed by atoms with van der Waals surface area (Å²) in [6.45, 7) is 5.35. The van der Waals surface area contributed by atoms with E-state index in [-0.39, 0.29) is 6.42 Å². The number of amides is 1. The summed E-state index contributed by atoms with van der Waals surface area (Å²) in [5.41, 5.74) is 8.41. The Bertz CT molecular complexity index is 841. The Labute approximate surface area is 159 Å². The number of rotatable bonds is 6. The molecule has 27 heavy (non-hydrogen) atoms. The van der Waals surface area contributed by atoms with Crippen LogP contribution in [0.5, 0.6) is 0 Å². The molecule has 5 heteroatoms. The van der Waals surface area contributed by atoms with E-state index in [9.17, 15) is 9.59 Å². The van der Waals surface area contributed by atoms with E-state index in [1.807, 2.05) is 36.4 Å². The quantitative estimate of drug-likeness (QED) is 0.793. The average Bonchev–Trinajstić information content (AvgIpc) is 2.60. The van der Waals surface area contributed by atoms with Gasteiger partial charge in [-0.25, -0.2) is 0 Å². The van der Waals surface area contributed by atoms with Gasteiger partial charge in [-0.05, 0) is 56.0 Å². The molecule has 0 unspecified atom stereocenters. The molecule has 1 atom stereocenters. The van der Waals surface area contributed by atoms with Gasteiger partial charge in [0.25, 0.3) is 0 Å². The summed E-state index contributed by atoms with van der Waals surface area (Å²) in [5.74, 6) is -1.56. The fraction of sp³-hybridized carbons (Fsp3) is 0.318. The van der Waals surface area contributed by atoms with Crippen molar-refractivity contribution in [2.24, 2.45) is 11.7 Å². The third-order valence-corrected chi connectivity index (χ3v) is 4.02. The van der Waals surface area contributed by atoms with Gasteiger partial charge in [-0.2, -0.15) is 5.26 Å². The molecule has 1 amide bonds. The van der Waals surface area contributed by atoms with Crippen molar-refractivity contribution in [1.82, 2.24) is 0 Å². The van der Waals surface area contributed by atoms with Gasteiger partial charge in [0.05, 0.1) is 24.0 Å². The molecule has 140 valence electrons. The number of esters is 1. The molecule has 0 aliphatic rings. The number of nitriles is 1. The van der Waals surface area contributed by atoms with Crippen LogP contribution in [0.1, 0.15) is 38.3 Å². The van der Waals surface area contributed by atoms with Gasteiger partial charge in [-0.1, -0.05) is 36.4 Å². The molecule has 0 bridgehead atoms. The highest BCUT2D eigenvalue weighted by Gasteiger charge is 2.24. The minimum Gasteiger partial charge on any atom is -0.460 e. The maximum Gasteiger partial charge on any atom is 0.307 e. The largest absolute Gasteiger partial charge is 0.460 e. The summed E-state index contributed by atoms with van der Waals surface area (Å²) in [4.78, 5) is 23.7. The molecule has 0 aliphatic heterocycles. The number of nitrogens with zero attached hydrogens (tertiary/aromatic N) is 1. The Kier molecular flexibility index (Phi) is 6.36. The van der Waals surface area contributed by atoms with Crippen LogP contribution in [-0.2, 0) is 20.7 Å². The molecule has 0 aromatic heterocycles. The van der Waals surface area contributed by atoms with Gasteiger partial charge < -0.3 is 10.5 Å². The third kappa shape index (κ3) is 6.27. The molecule has 0 fully saturated rings. The van der Waals surface area contributed by atoms with Crippen LogP contribution in [0.25, 0.3) is 11.1 Å². The van der Waals surface area contributed by atoms with E-state index in [0.717, 1.165) is 16.7 Å². The summed E-state index contributed by atoms with van der Waals surface area (Å²) in [5, 5.41) is 8.87. The number of ether oxygens (including phenoxy) is 1. The lowest BCUT2D eigenvalue weighted by Gasteiger charge is -2.21. The fourth-order valence-electron chi connectivity index (χ4n) is 2.71. The number of carbonyl (C=O) groups is 2. The third-order valence-electron chi connectivity index (χ3n) is 4.02. The number of nitrogens with two attached hydrogens (primary N) is 1. The molecule has 2 N–H and O–H groups in total. The normalized spacial score (nSPS) is 12.1. The molecule has 0 heterocycles. The van der Waals surface area contributed by atoms with Gasteiger partial charge in [0.15, 0.2) is 0 Å². The van der Waals surface area contributed by atoms with E-state index in [2.05, 4.69) is 6.07 Å². The number of benzene rings is 2. The average molecular weight is 364 g/mol. The van der Waals surface area contributed by atoms with Gasteiger partial charge in [-0.15, -0.1) is 0 Å². The molecule has 0 aliphatic carbocycles. The first-order valence-electron chi connectivity index (χ1n) is 8.78. The maximum absolute atomic E-state index is 12.0. The highest BCUT2D eigenvalue weighted by Crippen LogP contribution is 2.22. The zero-order valence-corrected chi connectivity index (χ0v) is 15.9. The first-order chi connectivity index (χ1) is 12.7.